The number of halogens is 2. The molecule has 15 heteroatoms. The highest BCUT2D eigenvalue weighted by Crippen LogP contribution is 2.42. The van der Waals surface area contributed by atoms with Crippen molar-refractivity contribution in [3.8, 4) is 17.1 Å². The molecule has 216 valence electrons. The Kier molecular flexibility index (Phi) is 9.09. The summed E-state index contributed by atoms with van der Waals surface area (Å²) in [5.74, 6) is -0.392. The molecule has 10 nitrogen and oxygen atoms in total. The average molecular weight is 611 g/mol. The summed E-state index contributed by atoms with van der Waals surface area (Å²) in [4.78, 5) is 10.4. The smallest absolute Gasteiger partial charge is 0.352 e. The van der Waals surface area contributed by atoms with Gasteiger partial charge < -0.3 is 19.5 Å². The summed E-state index contributed by atoms with van der Waals surface area (Å²) in [5, 5.41) is 18.8. The molecule has 2 N–H and O–H groups in total. The second kappa shape index (κ2) is 12.4. The fraction of sp³-hybridized carbons (Fsp3) is 0.480. The largest absolute Gasteiger partial charge is 0.395 e. The van der Waals surface area contributed by atoms with Gasteiger partial charge in [0.25, 0.3) is 0 Å². The molecule has 4 heterocycles. The van der Waals surface area contributed by atoms with Gasteiger partial charge in [0, 0.05) is 56.5 Å². The zero-order valence-electron chi connectivity index (χ0n) is 22.0. The lowest BCUT2D eigenvalue weighted by molar-refractivity contribution is -0.0840. The standard InChI is InChI=1S/C25H30F2N8O2S2.H2S/c1-32(34-15-25(16-34)8-10-33(14-25)11-12-36)39-37-24-30-23(35(31-24)38-27)29-22-19-4-2-3-17(19)5-6-20(22)18-7-9-28-21(26)13-18;/h5-7,9,13,36H,2-4,8,10-12,14-16H2,1H3,(H,29,30,31);1H2. The molecule has 1 spiro atoms. The fourth-order valence-corrected chi connectivity index (χ4v) is 6.56. The van der Waals surface area contributed by atoms with E-state index in [1.807, 2.05) is 17.5 Å². The number of β-amino-alcohol motifs (C(OH)–C–C–N with tert-alkyl or cyclic N) is 1. The second-order valence-corrected chi connectivity index (χ2v) is 11.7. The van der Waals surface area contributed by atoms with Gasteiger partial charge in [-0.3, -0.25) is 0 Å². The lowest BCUT2D eigenvalue weighted by atomic mass is 9.80. The summed E-state index contributed by atoms with van der Waals surface area (Å²) in [6.45, 7) is 4.74. The van der Waals surface area contributed by atoms with Gasteiger partial charge in [-0.25, -0.2) is 9.99 Å². The van der Waals surface area contributed by atoms with Crippen LogP contribution in [0, 0.1) is 11.4 Å². The van der Waals surface area contributed by atoms with Gasteiger partial charge in [0.2, 0.25) is 11.9 Å². The molecule has 0 radical (unpaired) electrons. The molecule has 0 unspecified atom stereocenters. The maximum atomic E-state index is 13.9. The third-order valence-electron chi connectivity index (χ3n) is 7.77. The lowest BCUT2D eigenvalue weighted by Crippen LogP contribution is -2.61. The molecule has 0 amide bonds. The van der Waals surface area contributed by atoms with Crippen LogP contribution in [0.25, 0.3) is 11.1 Å². The van der Waals surface area contributed by atoms with Crippen LogP contribution in [0.4, 0.5) is 19.9 Å². The van der Waals surface area contributed by atoms with Crippen LogP contribution < -0.4 is 9.50 Å². The highest BCUT2D eigenvalue weighted by molar-refractivity contribution is 7.93. The minimum absolute atomic E-state index is 0. The van der Waals surface area contributed by atoms with Gasteiger partial charge in [-0.15, -0.1) is 7.97 Å². The van der Waals surface area contributed by atoms with Crippen LogP contribution in [-0.4, -0.2) is 85.0 Å². The van der Waals surface area contributed by atoms with Gasteiger partial charge in [0.1, 0.15) is 0 Å². The SMILES string of the molecule is CN(SOc1nc(Nc2c(-c3ccnc(F)c3)ccc3c2CCC3)n(SF)n1)N1CC2(CCN(CCO)C2)C1.S. The number of hydrazine groups is 1. The van der Waals surface area contributed by atoms with E-state index in [2.05, 4.69) is 36.4 Å². The molecular weight excluding hydrogens is 579 g/mol. The third kappa shape index (κ3) is 5.91. The molecule has 6 rings (SSSR count). The molecule has 2 saturated heterocycles. The number of nitrogens with one attached hydrogen (secondary N) is 1. The van der Waals surface area contributed by atoms with Crippen LogP contribution in [-0.2, 0) is 12.8 Å². The van der Waals surface area contributed by atoms with Gasteiger partial charge >= 0.3 is 6.01 Å². The van der Waals surface area contributed by atoms with E-state index in [1.54, 1.807) is 6.07 Å². The van der Waals surface area contributed by atoms with Gasteiger partial charge in [-0.1, -0.05) is 17.2 Å². The Morgan fingerprint density at radius 1 is 1.23 bits per heavy atom. The highest BCUT2D eigenvalue weighted by atomic mass is 32.2. The number of anilines is 2. The van der Waals surface area contributed by atoms with Crippen LogP contribution in [0.1, 0.15) is 24.0 Å². The van der Waals surface area contributed by atoms with Crippen molar-refractivity contribution in [3.63, 3.8) is 0 Å². The van der Waals surface area contributed by atoms with E-state index in [-0.39, 0.29) is 49.8 Å². The maximum Gasteiger partial charge on any atom is 0.352 e. The molecular formula is C25H32F2N8O2S3. The van der Waals surface area contributed by atoms with Crippen molar-refractivity contribution in [2.45, 2.75) is 25.7 Å². The van der Waals surface area contributed by atoms with Gasteiger partial charge in [0.15, 0.2) is 24.6 Å². The summed E-state index contributed by atoms with van der Waals surface area (Å²) in [7, 11) is 1.91. The number of aliphatic hydroxyl groups excluding tert-OH is 1. The zero-order chi connectivity index (χ0) is 27.0. The zero-order valence-corrected chi connectivity index (χ0v) is 24.6. The molecule has 1 aliphatic carbocycles. The normalized spacial score (nSPS) is 18.1. The number of aromatic nitrogens is 4. The van der Waals surface area contributed by atoms with E-state index in [4.69, 9.17) is 4.18 Å². The third-order valence-corrected chi connectivity index (χ3v) is 8.82. The number of pyridine rings is 1. The van der Waals surface area contributed by atoms with Crippen molar-refractivity contribution >= 4 is 49.7 Å². The number of hydrogen-bond donors (Lipinski definition) is 2. The van der Waals surface area contributed by atoms with Crippen molar-refractivity contribution in [1.82, 2.24) is 33.5 Å². The van der Waals surface area contributed by atoms with Crippen molar-refractivity contribution in [2.75, 3.05) is 51.7 Å². The van der Waals surface area contributed by atoms with Gasteiger partial charge in [-0.2, -0.15) is 27.3 Å². The number of fused-ring (bicyclic) bond motifs is 1. The fourth-order valence-electron chi connectivity index (χ4n) is 5.85. The van der Waals surface area contributed by atoms with Gasteiger partial charge in [0.05, 0.1) is 12.3 Å². The summed E-state index contributed by atoms with van der Waals surface area (Å²) in [6.07, 6.45) is 5.37. The second-order valence-electron chi connectivity index (χ2n) is 10.3. The van der Waals surface area contributed by atoms with E-state index >= 15 is 0 Å². The number of nitrogens with zero attached hydrogens (tertiary/aromatic N) is 7. The van der Waals surface area contributed by atoms with Gasteiger partial charge in [-0.05, 0) is 55.0 Å². The molecule has 2 fully saturated rings. The van der Waals surface area contributed by atoms with Crippen molar-refractivity contribution in [3.05, 3.63) is 47.5 Å². The molecule has 0 atom stereocenters. The monoisotopic (exact) mass is 610 g/mol. The van der Waals surface area contributed by atoms with E-state index in [0.29, 0.717) is 5.56 Å². The first-order valence-electron chi connectivity index (χ1n) is 12.9. The van der Waals surface area contributed by atoms with Crippen LogP contribution in [0.3, 0.4) is 0 Å². The number of rotatable bonds is 10. The minimum atomic E-state index is -0.568. The summed E-state index contributed by atoms with van der Waals surface area (Å²) in [5.41, 5.74) is 4.78. The predicted molar refractivity (Wildman–Crippen MR) is 158 cm³/mol. The Morgan fingerprint density at radius 2 is 2.08 bits per heavy atom. The first kappa shape index (κ1) is 29.4. The number of aliphatic hydroxyl groups is 1. The van der Waals surface area contributed by atoms with Crippen LogP contribution in [0.15, 0.2) is 30.5 Å². The Morgan fingerprint density at radius 3 is 2.85 bits per heavy atom. The predicted octanol–water partition coefficient (Wildman–Crippen LogP) is 3.99. The van der Waals surface area contributed by atoms with Crippen LogP contribution in [0.5, 0.6) is 6.01 Å². The van der Waals surface area contributed by atoms with E-state index in [1.165, 1.54) is 17.8 Å². The van der Waals surface area contributed by atoms with E-state index in [0.717, 1.165) is 91.5 Å². The topological polar surface area (TPSA) is 94.8 Å². The molecule has 0 bridgehead atoms. The van der Waals surface area contributed by atoms with Crippen molar-refractivity contribution in [1.29, 1.82) is 0 Å². The first-order valence-corrected chi connectivity index (χ1v) is 14.3. The number of likely N-dealkylation sites (tertiary alicyclic amines) is 1. The quantitative estimate of drug-likeness (QED) is 0.198. The number of aryl methyl sites for hydroxylation is 1. The maximum absolute atomic E-state index is 13.9. The number of hydrogen-bond acceptors (Lipinski definition) is 11. The van der Waals surface area contributed by atoms with E-state index in [9.17, 15) is 13.4 Å². The Labute approximate surface area is 247 Å². The molecule has 3 aliphatic rings. The Balaban J connectivity index is 0.00000323. The molecule has 2 aromatic heterocycles. The van der Waals surface area contributed by atoms with E-state index < -0.39 is 5.95 Å². The van der Waals surface area contributed by atoms with Crippen LogP contribution >= 0.6 is 38.1 Å². The molecule has 0 saturated carbocycles. The average Bonchev–Trinajstić information content (AvgIpc) is 3.65. The van der Waals surface area contributed by atoms with Crippen LogP contribution in [0.2, 0.25) is 0 Å². The first-order chi connectivity index (χ1) is 19.0. The Hall–Kier alpha value is -2.14. The Bertz CT molecular complexity index is 1340. The lowest BCUT2D eigenvalue weighted by Gasteiger charge is -2.50. The summed E-state index contributed by atoms with van der Waals surface area (Å²) in [6, 6.07) is 7.16. The number of benzene rings is 1. The van der Waals surface area contributed by atoms with Crippen molar-refractivity contribution in [2.24, 2.45) is 5.41 Å². The summed E-state index contributed by atoms with van der Waals surface area (Å²) >= 11 is 1.01. The molecule has 1 aromatic carbocycles. The molecule has 40 heavy (non-hydrogen) atoms. The summed E-state index contributed by atoms with van der Waals surface area (Å²) < 4.78 is 36.5. The highest BCUT2D eigenvalue weighted by Gasteiger charge is 2.49. The molecule has 3 aromatic rings. The molecule has 2 aliphatic heterocycles. The minimum Gasteiger partial charge on any atom is -0.395 e. The van der Waals surface area contributed by atoms with Crippen molar-refractivity contribution < 1.29 is 17.6 Å².